The van der Waals surface area contributed by atoms with Crippen LogP contribution in [0.2, 0.25) is 0 Å². The number of carbonyl (C=O) groups excluding carboxylic acids is 2. The lowest BCUT2D eigenvalue weighted by atomic mass is 10.1. The van der Waals surface area contributed by atoms with Crippen LogP contribution < -0.4 is 9.47 Å². The van der Waals surface area contributed by atoms with Crippen molar-refractivity contribution in [3.05, 3.63) is 59.1 Å². The third-order valence-corrected chi connectivity index (χ3v) is 3.61. The Hall–Kier alpha value is -3.15. The predicted octanol–water partition coefficient (Wildman–Crippen LogP) is 2.56. The maximum Gasteiger partial charge on any atom is 0.343 e. The maximum atomic E-state index is 12.5. The lowest BCUT2D eigenvalue weighted by Crippen LogP contribution is -2.13. The molecule has 0 N–H and O–H groups in total. The number of esters is 1. The molecule has 2 aromatic rings. The van der Waals surface area contributed by atoms with Crippen molar-refractivity contribution in [3.8, 4) is 11.5 Å². The molecule has 2 heterocycles. The zero-order chi connectivity index (χ0) is 17.1. The fourth-order valence-corrected chi connectivity index (χ4v) is 2.33. The van der Waals surface area contributed by atoms with Crippen LogP contribution >= 0.6 is 0 Å². The lowest BCUT2D eigenvalue weighted by molar-refractivity contribution is -0.142. The van der Waals surface area contributed by atoms with E-state index < -0.39 is 5.97 Å². The first-order valence-corrected chi connectivity index (χ1v) is 7.27. The predicted molar refractivity (Wildman–Crippen MR) is 85.9 cm³/mol. The first-order valence-electron chi connectivity index (χ1n) is 7.27. The number of hydrogen-bond donors (Lipinski definition) is 0. The van der Waals surface area contributed by atoms with E-state index in [1.165, 1.54) is 7.11 Å². The van der Waals surface area contributed by atoms with E-state index in [1.807, 2.05) is 0 Å². The number of aromatic nitrogens is 1. The molecule has 0 spiro atoms. The Labute approximate surface area is 138 Å². The van der Waals surface area contributed by atoms with Gasteiger partial charge in [0.15, 0.2) is 12.4 Å². The molecule has 1 aliphatic rings. The molecule has 1 aliphatic heterocycles. The molecule has 3 rings (SSSR count). The number of benzene rings is 1. The highest BCUT2D eigenvalue weighted by Gasteiger charge is 2.30. The SMILES string of the molecule is COC(=O)COc1ccc2c(c1C)O/C(=C\c1ccncc1)C2=O. The summed E-state index contributed by atoms with van der Waals surface area (Å²) in [5.74, 6) is 0.485. The van der Waals surface area contributed by atoms with Gasteiger partial charge in [0.05, 0.1) is 12.7 Å². The van der Waals surface area contributed by atoms with Crippen LogP contribution in [-0.2, 0) is 9.53 Å². The molecule has 0 amide bonds. The van der Waals surface area contributed by atoms with Crippen LogP contribution in [0.25, 0.3) is 6.08 Å². The summed E-state index contributed by atoms with van der Waals surface area (Å²) < 4.78 is 15.7. The Balaban J connectivity index is 1.87. The van der Waals surface area contributed by atoms with Crippen LogP contribution in [0.1, 0.15) is 21.5 Å². The Morgan fingerprint density at radius 2 is 2.00 bits per heavy atom. The van der Waals surface area contributed by atoms with Gasteiger partial charge in [-0.15, -0.1) is 0 Å². The number of hydrogen-bond acceptors (Lipinski definition) is 6. The monoisotopic (exact) mass is 325 g/mol. The highest BCUT2D eigenvalue weighted by molar-refractivity contribution is 6.14. The van der Waals surface area contributed by atoms with Gasteiger partial charge in [-0.2, -0.15) is 0 Å². The van der Waals surface area contributed by atoms with Gasteiger partial charge in [0.2, 0.25) is 5.78 Å². The molecule has 122 valence electrons. The molecule has 0 bridgehead atoms. The molecule has 6 heteroatoms. The number of rotatable bonds is 4. The maximum absolute atomic E-state index is 12.5. The van der Waals surface area contributed by atoms with Crippen molar-refractivity contribution in [1.82, 2.24) is 4.98 Å². The van der Waals surface area contributed by atoms with Gasteiger partial charge in [0.1, 0.15) is 11.5 Å². The van der Waals surface area contributed by atoms with Crippen LogP contribution in [-0.4, -0.2) is 30.5 Å². The van der Waals surface area contributed by atoms with Gasteiger partial charge < -0.3 is 14.2 Å². The molecule has 1 aromatic heterocycles. The first-order chi connectivity index (χ1) is 11.6. The fourth-order valence-electron chi connectivity index (χ4n) is 2.33. The van der Waals surface area contributed by atoms with Gasteiger partial charge in [-0.05, 0) is 42.8 Å². The Morgan fingerprint density at radius 3 is 2.71 bits per heavy atom. The van der Waals surface area contributed by atoms with Crippen molar-refractivity contribution in [2.45, 2.75) is 6.92 Å². The summed E-state index contributed by atoms with van der Waals surface area (Å²) in [6, 6.07) is 6.84. The van der Waals surface area contributed by atoms with Crippen molar-refractivity contribution >= 4 is 17.8 Å². The average molecular weight is 325 g/mol. The highest BCUT2D eigenvalue weighted by atomic mass is 16.6. The number of ketones is 1. The van der Waals surface area contributed by atoms with E-state index in [9.17, 15) is 9.59 Å². The van der Waals surface area contributed by atoms with Crippen LogP contribution in [0.5, 0.6) is 11.5 Å². The number of methoxy groups -OCH3 is 1. The third-order valence-electron chi connectivity index (χ3n) is 3.61. The Kier molecular flexibility index (Phi) is 4.29. The minimum atomic E-state index is -0.481. The van der Waals surface area contributed by atoms with Gasteiger partial charge in [0, 0.05) is 18.0 Å². The second-order valence-corrected chi connectivity index (χ2v) is 5.15. The molecule has 0 saturated heterocycles. The van der Waals surface area contributed by atoms with E-state index in [0.717, 1.165) is 5.56 Å². The van der Waals surface area contributed by atoms with Gasteiger partial charge >= 0.3 is 5.97 Å². The summed E-state index contributed by atoms with van der Waals surface area (Å²) in [4.78, 5) is 27.6. The number of nitrogens with zero attached hydrogens (tertiary/aromatic N) is 1. The molecular formula is C18H15NO5. The Bertz CT molecular complexity index is 827. The average Bonchev–Trinajstić information content (AvgIpc) is 2.92. The largest absolute Gasteiger partial charge is 0.481 e. The highest BCUT2D eigenvalue weighted by Crippen LogP contribution is 2.39. The molecule has 24 heavy (non-hydrogen) atoms. The second-order valence-electron chi connectivity index (χ2n) is 5.15. The zero-order valence-corrected chi connectivity index (χ0v) is 13.2. The molecule has 1 aromatic carbocycles. The van der Waals surface area contributed by atoms with E-state index in [2.05, 4.69) is 9.72 Å². The van der Waals surface area contributed by atoms with Gasteiger partial charge in [0.25, 0.3) is 0 Å². The zero-order valence-electron chi connectivity index (χ0n) is 13.2. The quantitative estimate of drug-likeness (QED) is 0.635. The van der Waals surface area contributed by atoms with E-state index in [0.29, 0.717) is 22.6 Å². The minimum absolute atomic E-state index is 0.190. The number of carbonyl (C=O) groups is 2. The fraction of sp³-hybridized carbons (Fsp3) is 0.167. The number of ether oxygens (including phenoxy) is 3. The van der Waals surface area contributed by atoms with E-state index in [1.54, 1.807) is 49.7 Å². The number of fused-ring (bicyclic) bond motifs is 1. The molecule has 0 radical (unpaired) electrons. The molecule has 6 nitrogen and oxygen atoms in total. The molecule has 0 aliphatic carbocycles. The minimum Gasteiger partial charge on any atom is -0.481 e. The number of pyridine rings is 1. The topological polar surface area (TPSA) is 74.7 Å². The van der Waals surface area contributed by atoms with Crippen LogP contribution in [0, 0.1) is 6.92 Å². The summed E-state index contributed by atoms with van der Waals surface area (Å²) in [5.41, 5.74) is 1.95. The van der Waals surface area contributed by atoms with Crippen molar-refractivity contribution < 1.29 is 23.8 Å². The van der Waals surface area contributed by atoms with Crippen molar-refractivity contribution in [2.24, 2.45) is 0 Å². The summed E-state index contributed by atoms with van der Waals surface area (Å²) in [7, 11) is 1.29. The smallest absolute Gasteiger partial charge is 0.343 e. The summed E-state index contributed by atoms with van der Waals surface area (Å²) >= 11 is 0. The van der Waals surface area contributed by atoms with Crippen molar-refractivity contribution in [1.29, 1.82) is 0 Å². The van der Waals surface area contributed by atoms with Gasteiger partial charge in [-0.3, -0.25) is 9.78 Å². The van der Waals surface area contributed by atoms with Crippen LogP contribution in [0.15, 0.2) is 42.4 Å². The lowest BCUT2D eigenvalue weighted by Gasteiger charge is -2.10. The standard InChI is InChI=1S/C18H15NO5/c1-11-14(23-10-16(20)22-2)4-3-13-17(21)15(24-18(11)13)9-12-5-7-19-8-6-12/h3-9H,10H2,1-2H3/b15-9-. The summed E-state index contributed by atoms with van der Waals surface area (Å²) in [5, 5.41) is 0. The third kappa shape index (κ3) is 2.99. The van der Waals surface area contributed by atoms with Crippen LogP contribution in [0.3, 0.4) is 0 Å². The first kappa shape index (κ1) is 15.7. The molecular weight excluding hydrogens is 310 g/mol. The van der Waals surface area contributed by atoms with Crippen molar-refractivity contribution in [2.75, 3.05) is 13.7 Å². The van der Waals surface area contributed by atoms with E-state index in [4.69, 9.17) is 9.47 Å². The Morgan fingerprint density at radius 1 is 1.25 bits per heavy atom. The summed E-state index contributed by atoms with van der Waals surface area (Å²) in [6.45, 7) is 1.57. The van der Waals surface area contributed by atoms with E-state index >= 15 is 0 Å². The van der Waals surface area contributed by atoms with E-state index in [-0.39, 0.29) is 18.1 Å². The van der Waals surface area contributed by atoms with Gasteiger partial charge in [-0.25, -0.2) is 4.79 Å². The van der Waals surface area contributed by atoms with Gasteiger partial charge in [-0.1, -0.05) is 0 Å². The number of allylic oxidation sites excluding steroid dienone is 1. The second kappa shape index (κ2) is 6.54. The number of Topliss-reactive ketones (excluding diaryl/α,β-unsaturated/α-hetero) is 1. The van der Waals surface area contributed by atoms with Crippen LogP contribution in [0.4, 0.5) is 0 Å². The molecule has 0 fully saturated rings. The summed E-state index contributed by atoms with van der Waals surface area (Å²) in [6.07, 6.45) is 4.95. The molecule has 0 atom stereocenters. The molecule has 0 saturated carbocycles. The normalized spacial score (nSPS) is 14.2. The van der Waals surface area contributed by atoms with Crippen molar-refractivity contribution in [3.63, 3.8) is 0 Å². The molecule has 0 unspecified atom stereocenters.